The van der Waals surface area contributed by atoms with Crippen LogP contribution in [0.1, 0.15) is 30.9 Å². The molecule has 1 fully saturated rings. The van der Waals surface area contributed by atoms with E-state index in [0.717, 1.165) is 5.56 Å². The number of ether oxygens (including phenoxy) is 1. The van der Waals surface area contributed by atoms with Gasteiger partial charge in [0, 0.05) is 25.6 Å². The Bertz CT molecular complexity index is 812. The van der Waals surface area contributed by atoms with E-state index in [-0.39, 0.29) is 23.1 Å². The lowest BCUT2D eigenvalue weighted by Gasteiger charge is -2.40. The number of benzene rings is 2. The minimum absolute atomic E-state index is 0.0110. The van der Waals surface area contributed by atoms with Crippen molar-refractivity contribution in [2.24, 2.45) is 0 Å². The van der Waals surface area contributed by atoms with Gasteiger partial charge in [0.05, 0.1) is 10.4 Å². The van der Waals surface area contributed by atoms with Crippen molar-refractivity contribution in [3.63, 3.8) is 0 Å². The first-order valence-corrected chi connectivity index (χ1v) is 9.23. The molecular formula is C21H21ClFNO3. The molecule has 0 saturated carbocycles. The van der Waals surface area contributed by atoms with E-state index >= 15 is 0 Å². The summed E-state index contributed by atoms with van der Waals surface area (Å²) in [6.45, 7) is 2.24. The molecule has 0 bridgehead atoms. The Morgan fingerprint density at radius 2 is 1.78 bits per heavy atom. The number of esters is 1. The van der Waals surface area contributed by atoms with Gasteiger partial charge in [-0.05, 0) is 30.5 Å². The second-order valence-electron chi connectivity index (χ2n) is 6.73. The molecule has 1 saturated heterocycles. The zero-order valence-corrected chi connectivity index (χ0v) is 15.8. The zero-order valence-electron chi connectivity index (χ0n) is 15.1. The summed E-state index contributed by atoms with van der Waals surface area (Å²) in [5, 5.41) is 0.225. The van der Waals surface area contributed by atoms with E-state index in [2.05, 4.69) is 0 Å². The number of nitrogens with zero attached hydrogens (tertiary/aromatic N) is 1. The van der Waals surface area contributed by atoms with Gasteiger partial charge in [0.15, 0.2) is 0 Å². The highest BCUT2D eigenvalue weighted by atomic mass is 35.5. The first-order chi connectivity index (χ1) is 12.9. The molecule has 0 unspecified atom stereocenters. The van der Waals surface area contributed by atoms with Gasteiger partial charge in [-0.3, -0.25) is 9.59 Å². The van der Waals surface area contributed by atoms with E-state index in [9.17, 15) is 14.0 Å². The monoisotopic (exact) mass is 389 g/mol. The average molecular weight is 390 g/mol. The lowest BCUT2D eigenvalue weighted by atomic mass is 9.72. The van der Waals surface area contributed by atoms with Gasteiger partial charge in [0.1, 0.15) is 12.4 Å². The second kappa shape index (κ2) is 8.09. The van der Waals surface area contributed by atoms with Crippen LogP contribution in [0.25, 0.3) is 0 Å². The van der Waals surface area contributed by atoms with Crippen LogP contribution in [0.5, 0.6) is 0 Å². The fourth-order valence-electron chi connectivity index (χ4n) is 3.52. The van der Waals surface area contributed by atoms with Gasteiger partial charge in [-0.2, -0.15) is 0 Å². The predicted octanol–water partition coefficient (Wildman–Crippen LogP) is 4.10. The summed E-state index contributed by atoms with van der Waals surface area (Å²) < 4.78 is 19.5. The molecule has 1 aliphatic rings. The van der Waals surface area contributed by atoms with Crippen molar-refractivity contribution in [3.8, 4) is 0 Å². The van der Waals surface area contributed by atoms with E-state index in [1.165, 1.54) is 19.1 Å². The normalized spacial score (nSPS) is 16.0. The second-order valence-corrected chi connectivity index (χ2v) is 7.14. The third-order valence-corrected chi connectivity index (χ3v) is 5.54. The third-order valence-electron chi connectivity index (χ3n) is 5.19. The predicted molar refractivity (Wildman–Crippen MR) is 101 cm³/mol. The summed E-state index contributed by atoms with van der Waals surface area (Å²) in [5.74, 6) is -0.935. The Morgan fingerprint density at radius 3 is 2.37 bits per heavy atom. The van der Waals surface area contributed by atoms with E-state index < -0.39 is 17.2 Å². The van der Waals surface area contributed by atoms with Crippen LogP contribution in [-0.4, -0.2) is 29.9 Å². The van der Waals surface area contributed by atoms with E-state index in [4.69, 9.17) is 16.3 Å². The molecular weight excluding hydrogens is 369 g/mol. The van der Waals surface area contributed by atoms with Crippen molar-refractivity contribution in [2.75, 3.05) is 13.1 Å². The zero-order chi connectivity index (χ0) is 19.4. The summed E-state index contributed by atoms with van der Waals surface area (Å²) in [7, 11) is 0. The van der Waals surface area contributed by atoms with Crippen molar-refractivity contribution < 1.29 is 18.7 Å². The molecule has 142 valence electrons. The number of halogens is 2. The maximum absolute atomic E-state index is 14.0. The van der Waals surface area contributed by atoms with E-state index in [1.807, 2.05) is 30.3 Å². The minimum Gasteiger partial charge on any atom is -0.460 e. The van der Waals surface area contributed by atoms with Crippen LogP contribution in [0.4, 0.5) is 4.39 Å². The minimum atomic E-state index is -0.856. The number of carbonyl (C=O) groups excluding carboxylic acids is 2. The molecule has 0 radical (unpaired) electrons. The molecule has 0 atom stereocenters. The molecule has 1 aliphatic heterocycles. The molecule has 2 aromatic carbocycles. The molecule has 6 heteroatoms. The van der Waals surface area contributed by atoms with Crippen LogP contribution in [0.2, 0.25) is 5.02 Å². The molecule has 2 aromatic rings. The van der Waals surface area contributed by atoms with Crippen LogP contribution < -0.4 is 0 Å². The molecule has 0 spiro atoms. The Morgan fingerprint density at radius 1 is 1.11 bits per heavy atom. The van der Waals surface area contributed by atoms with Crippen LogP contribution in [0.15, 0.2) is 48.5 Å². The van der Waals surface area contributed by atoms with E-state index in [1.54, 1.807) is 11.0 Å². The third kappa shape index (κ3) is 3.98. The molecule has 0 aromatic heterocycles. The van der Waals surface area contributed by atoms with Crippen LogP contribution in [0.3, 0.4) is 0 Å². The SMILES string of the molecule is CC(=O)N1CCC(C(=O)OCc2c(F)cccc2Cl)(c2ccccc2)CC1. The summed E-state index contributed by atoms with van der Waals surface area (Å²) in [5.41, 5.74) is 0.153. The molecule has 3 rings (SSSR count). The first-order valence-electron chi connectivity index (χ1n) is 8.85. The van der Waals surface area contributed by atoms with Gasteiger partial charge in [-0.15, -0.1) is 0 Å². The first kappa shape index (κ1) is 19.4. The number of piperidine rings is 1. The van der Waals surface area contributed by atoms with Gasteiger partial charge in [0.25, 0.3) is 0 Å². The Labute approximate surface area is 162 Å². The molecule has 27 heavy (non-hydrogen) atoms. The summed E-state index contributed by atoms with van der Waals surface area (Å²) in [6.07, 6.45) is 0.918. The van der Waals surface area contributed by atoms with E-state index in [0.29, 0.717) is 25.9 Å². The van der Waals surface area contributed by atoms with Crippen molar-refractivity contribution in [3.05, 3.63) is 70.5 Å². The van der Waals surface area contributed by atoms with Crippen molar-refractivity contribution >= 4 is 23.5 Å². The highest BCUT2D eigenvalue weighted by Crippen LogP contribution is 2.37. The quantitative estimate of drug-likeness (QED) is 0.739. The Kier molecular flexibility index (Phi) is 5.80. The summed E-state index contributed by atoms with van der Waals surface area (Å²) in [4.78, 5) is 26.5. The van der Waals surface area contributed by atoms with Gasteiger partial charge in [-0.25, -0.2) is 4.39 Å². The number of carbonyl (C=O) groups is 2. The largest absolute Gasteiger partial charge is 0.460 e. The van der Waals surface area contributed by atoms with Gasteiger partial charge in [-0.1, -0.05) is 48.0 Å². The molecule has 4 nitrogen and oxygen atoms in total. The standard InChI is InChI=1S/C21H21ClFNO3/c1-15(25)24-12-10-21(11-13-24,16-6-3-2-4-7-16)20(26)27-14-17-18(22)8-5-9-19(17)23/h2-9H,10-14H2,1H3. The van der Waals surface area contributed by atoms with Crippen molar-refractivity contribution in [1.82, 2.24) is 4.90 Å². The van der Waals surface area contributed by atoms with Crippen molar-refractivity contribution in [2.45, 2.75) is 31.8 Å². The average Bonchev–Trinajstić information content (AvgIpc) is 2.68. The summed E-state index contributed by atoms with van der Waals surface area (Å²) >= 11 is 6.03. The molecule has 1 amide bonds. The van der Waals surface area contributed by atoms with Crippen molar-refractivity contribution in [1.29, 1.82) is 0 Å². The van der Waals surface area contributed by atoms with Crippen LogP contribution >= 0.6 is 11.6 Å². The highest BCUT2D eigenvalue weighted by Gasteiger charge is 2.44. The number of hydrogen-bond donors (Lipinski definition) is 0. The van der Waals surface area contributed by atoms with Crippen LogP contribution in [0, 0.1) is 5.82 Å². The fourth-order valence-corrected chi connectivity index (χ4v) is 3.73. The topological polar surface area (TPSA) is 46.6 Å². The number of rotatable bonds is 4. The molecule has 1 heterocycles. The Hall–Kier alpha value is -2.40. The number of likely N-dealkylation sites (tertiary alicyclic amines) is 1. The van der Waals surface area contributed by atoms with Crippen LogP contribution in [-0.2, 0) is 26.3 Å². The molecule has 0 N–H and O–H groups in total. The smallest absolute Gasteiger partial charge is 0.317 e. The maximum Gasteiger partial charge on any atom is 0.317 e. The van der Waals surface area contributed by atoms with Gasteiger partial charge < -0.3 is 9.64 Å². The number of amides is 1. The fraction of sp³-hybridized carbons (Fsp3) is 0.333. The lowest BCUT2D eigenvalue weighted by Crippen LogP contribution is -2.49. The lowest BCUT2D eigenvalue weighted by molar-refractivity contribution is -0.155. The molecule has 0 aliphatic carbocycles. The highest BCUT2D eigenvalue weighted by molar-refractivity contribution is 6.31. The Balaban J connectivity index is 1.83. The van der Waals surface area contributed by atoms with Gasteiger partial charge in [0.2, 0.25) is 5.91 Å². The number of hydrogen-bond acceptors (Lipinski definition) is 3. The maximum atomic E-state index is 14.0. The van der Waals surface area contributed by atoms with Gasteiger partial charge >= 0.3 is 5.97 Å². The summed E-state index contributed by atoms with van der Waals surface area (Å²) in [6, 6.07) is 13.8.